The number of aryl methyl sites for hydroxylation is 2. The summed E-state index contributed by atoms with van der Waals surface area (Å²) in [5.41, 5.74) is 3.42. The topological polar surface area (TPSA) is 72.5 Å². The molecule has 6 nitrogen and oxygen atoms in total. The fourth-order valence-corrected chi connectivity index (χ4v) is 3.53. The van der Waals surface area contributed by atoms with E-state index in [-0.39, 0.29) is 23.4 Å². The molecule has 0 radical (unpaired) electrons. The van der Waals surface area contributed by atoms with Gasteiger partial charge in [-0.2, -0.15) is 0 Å². The molecular formula is C21H20FN3O3S2. The van der Waals surface area contributed by atoms with E-state index in [9.17, 15) is 9.18 Å². The number of halogens is 1. The number of carbonyl (C=O) groups is 1. The van der Waals surface area contributed by atoms with Gasteiger partial charge in [-0.05, 0) is 67.5 Å². The first-order valence-corrected chi connectivity index (χ1v) is 10.2. The number of benzene rings is 2. The van der Waals surface area contributed by atoms with Crippen molar-refractivity contribution >= 4 is 39.7 Å². The Balaban J connectivity index is 1.53. The molecule has 0 aliphatic carbocycles. The third-order valence-corrected chi connectivity index (χ3v) is 5.24. The molecule has 0 unspecified atom stereocenters. The van der Waals surface area contributed by atoms with E-state index in [1.165, 1.54) is 30.6 Å². The number of hydrogen-bond acceptors (Lipinski definition) is 6. The maximum absolute atomic E-state index is 13.9. The van der Waals surface area contributed by atoms with Crippen molar-refractivity contribution in [3.05, 3.63) is 58.7 Å². The highest BCUT2D eigenvalue weighted by Crippen LogP contribution is 2.28. The smallest absolute Gasteiger partial charge is 0.264 e. The molecule has 0 saturated carbocycles. The second kappa shape index (κ2) is 9.64. The molecule has 9 heteroatoms. The predicted octanol–water partition coefficient (Wildman–Crippen LogP) is 4.47. The number of thiocarbonyl (C=S) groups is 1. The van der Waals surface area contributed by atoms with Gasteiger partial charge >= 0.3 is 0 Å². The fraction of sp³-hybridized carbons (Fsp3) is 0.190. The zero-order valence-corrected chi connectivity index (χ0v) is 18.2. The van der Waals surface area contributed by atoms with Crippen molar-refractivity contribution in [2.75, 3.05) is 19.0 Å². The Morgan fingerprint density at radius 1 is 1.20 bits per heavy atom. The molecule has 0 spiro atoms. The highest BCUT2D eigenvalue weighted by Gasteiger charge is 2.11. The number of methoxy groups -OCH3 is 1. The van der Waals surface area contributed by atoms with E-state index in [2.05, 4.69) is 15.6 Å². The van der Waals surface area contributed by atoms with Crippen LogP contribution in [-0.4, -0.2) is 29.7 Å². The lowest BCUT2D eigenvalue weighted by Gasteiger charge is -2.10. The van der Waals surface area contributed by atoms with Crippen LogP contribution in [0.1, 0.15) is 11.1 Å². The largest absolute Gasteiger partial charge is 0.494 e. The molecule has 0 aliphatic rings. The second-order valence-corrected chi connectivity index (χ2v) is 7.69. The predicted molar refractivity (Wildman–Crippen MR) is 120 cm³/mol. The zero-order chi connectivity index (χ0) is 21.7. The maximum atomic E-state index is 13.9. The summed E-state index contributed by atoms with van der Waals surface area (Å²) < 4.78 is 24.3. The van der Waals surface area contributed by atoms with E-state index in [4.69, 9.17) is 21.7 Å². The van der Waals surface area contributed by atoms with Crippen LogP contribution in [-0.2, 0) is 4.79 Å². The van der Waals surface area contributed by atoms with Gasteiger partial charge in [-0.25, -0.2) is 9.37 Å². The quantitative estimate of drug-likeness (QED) is 0.546. The van der Waals surface area contributed by atoms with Crippen molar-refractivity contribution in [1.29, 1.82) is 0 Å². The number of hydrogen-bond donors (Lipinski definition) is 2. The summed E-state index contributed by atoms with van der Waals surface area (Å²) in [4.78, 5) is 16.4. The minimum atomic E-state index is -0.468. The average Bonchev–Trinajstić information content (AvgIpc) is 3.17. The highest BCUT2D eigenvalue weighted by atomic mass is 32.1. The zero-order valence-electron chi connectivity index (χ0n) is 16.6. The van der Waals surface area contributed by atoms with Gasteiger partial charge in [-0.1, -0.05) is 6.07 Å². The van der Waals surface area contributed by atoms with E-state index in [1.807, 2.05) is 32.0 Å². The summed E-state index contributed by atoms with van der Waals surface area (Å²) in [7, 11) is 1.41. The molecular weight excluding hydrogens is 425 g/mol. The van der Waals surface area contributed by atoms with Crippen molar-refractivity contribution in [3.8, 4) is 22.8 Å². The van der Waals surface area contributed by atoms with E-state index in [0.717, 1.165) is 11.1 Å². The Morgan fingerprint density at radius 3 is 2.70 bits per heavy atom. The molecule has 3 aromatic rings. The van der Waals surface area contributed by atoms with Crippen LogP contribution in [0.25, 0.3) is 11.3 Å². The van der Waals surface area contributed by atoms with Gasteiger partial charge in [0.25, 0.3) is 5.91 Å². The number of ether oxygens (including phenoxy) is 2. The van der Waals surface area contributed by atoms with Crippen molar-refractivity contribution in [3.63, 3.8) is 0 Å². The summed E-state index contributed by atoms with van der Waals surface area (Å²) in [6, 6.07) is 10.2. The van der Waals surface area contributed by atoms with Crippen LogP contribution in [0.2, 0.25) is 0 Å². The minimum Gasteiger partial charge on any atom is -0.494 e. The third-order valence-electron chi connectivity index (χ3n) is 4.27. The molecule has 1 aromatic heterocycles. The summed E-state index contributed by atoms with van der Waals surface area (Å²) in [6.45, 7) is 3.81. The third kappa shape index (κ3) is 5.52. The van der Waals surface area contributed by atoms with Crippen molar-refractivity contribution in [2.45, 2.75) is 13.8 Å². The van der Waals surface area contributed by atoms with Gasteiger partial charge in [-0.15, -0.1) is 11.3 Å². The van der Waals surface area contributed by atoms with Crippen LogP contribution in [0.5, 0.6) is 11.5 Å². The lowest BCUT2D eigenvalue weighted by molar-refractivity contribution is -0.121. The summed E-state index contributed by atoms with van der Waals surface area (Å²) in [6.07, 6.45) is 0. The second-order valence-electron chi connectivity index (χ2n) is 6.42. The van der Waals surface area contributed by atoms with Crippen LogP contribution in [0.4, 0.5) is 9.52 Å². The number of amides is 1. The van der Waals surface area contributed by atoms with Gasteiger partial charge in [0.05, 0.1) is 12.8 Å². The molecule has 3 rings (SSSR count). The number of carbonyl (C=O) groups excluding carboxylic acids is 1. The lowest BCUT2D eigenvalue weighted by atomic mass is 10.1. The Labute approximate surface area is 183 Å². The van der Waals surface area contributed by atoms with Crippen LogP contribution in [0, 0.1) is 19.7 Å². The number of anilines is 1. The van der Waals surface area contributed by atoms with Gasteiger partial charge in [0.1, 0.15) is 5.75 Å². The molecule has 0 saturated heterocycles. The normalized spacial score (nSPS) is 10.4. The van der Waals surface area contributed by atoms with Gasteiger partial charge in [0, 0.05) is 10.9 Å². The van der Waals surface area contributed by atoms with E-state index in [0.29, 0.717) is 22.1 Å². The number of aromatic nitrogens is 1. The van der Waals surface area contributed by atoms with Gasteiger partial charge < -0.3 is 14.8 Å². The van der Waals surface area contributed by atoms with Crippen LogP contribution in [0.3, 0.4) is 0 Å². The standard InChI is InChI=1S/C21H20FN3O3S2/c1-12-4-6-15(8-13(12)2)28-10-19(26)24-20(29)25-21-23-17(11-30-21)14-5-7-18(27-3)16(22)9-14/h4-9,11H,10H2,1-3H3,(H2,23,24,25,26,29). The van der Waals surface area contributed by atoms with Crippen LogP contribution in [0.15, 0.2) is 41.8 Å². The lowest BCUT2D eigenvalue weighted by Crippen LogP contribution is -2.37. The molecule has 1 heterocycles. The van der Waals surface area contributed by atoms with Gasteiger partial charge in [0.15, 0.2) is 28.4 Å². The number of thiazole rings is 1. The molecule has 0 aliphatic heterocycles. The molecule has 2 N–H and O–H groups in total. The first-order valence-electron chi connectivity index (χ1n) is 8.96. The van der Waals surface area contributed by atoms with Crippen LogP contribution >= 0.6 is 23.6 Å². The Morgan fingerprint density at radius 2 is 2.00 bits per heavy atom. The van der Waals surface area contributed by atoms with Crippen molar-refractivity contribution < 1.29 is 18.7 Å². The van der Waals surface area contributed by atoms with E-state index < -0.39 is 5.82 Å². The molecule has 0 fully saturated rings. The van der Waals surface area contributed by atoms with E-state index >= 15 is 0 Å². The number of rotatable bonds is 6. The molecule has 156 valence electrons. The summed E-state index contributed by atoms with van der Waals surface area (Å²) in [5, 5.41) is 7.73. The minimum absolute atomic E-state index is 0.102. The molecule has 2 aromatic carbocycles. The monoisotopic (exact) mass is 445 g/mol. The van der Waals surface area contributed by atoms with Gasteiger partial charge in [0.2, 0.25) is 0 Å². The Hall–Kier alpha value is -3.04. The number of nitrogens with zero attached hydrogens (tertiary/aromatic N) is 1. The summed E-state index contributed by atoms with van der Waals surface area (Å²) >= 11 is 6.43. The molecule has 30 heavy (non-hydrogen) atoms. The maximum Gasteiger partial charge on any atom is 0.264 e. The van der Waals surface area contributed by atoms with E-state index in [1.54, 1.807) is 11.4 Å². The highest BCUT2D eigenvalue weighted by molar-refractivity contribution is 7.80. The molecule has 1 amide bonds. The SMILES string of the molecule is COc1ccc(-c2csc(NC(=S)NC(=O)COc3ccc(C)c(C)c3)n2)cc1F. The fourth-order valence-electron chi connectivity index (χ4n) is 2.53. The molecule has 0 atom stereocenters. The van der Waals surface area contributed by atoms with Gasteiger partial charge in [-0.3, -0.25) is 10.1 Å². The van der Waals surface area contributed by atoms with Crippen LogP contribution < -0.4 is 20.1 Å². The summed E-state index contributed by atoms with van der Waals surface area (Å²) in [5.74, 6) is -0.0774. The van der Waals surface area contributed by atoms with Crippen molar-refractivity contribution in [2.24, 2.45) is 0 Å². The first kappa shape index (κ1) is 21.7. The average molecular weight is 446 g/mol. The van der Waals surface area contributed by atoms with Crippen molar-refractivity contribution in [1.82, 2.24) is 10.3 Å². The Bertz CT molecular complexity index is 1090. The Kier molecular flexibility index (Phi) is 6.96. The number of nitrogens with one attached hydrogen (secondary N) is 2. The first-order chi connectivity index (χ1) is 14.4. The molecule has 0 bridgehead atoms.